The lowest BCUT2D eigenvalue weighted by Crippen LogP contribution is -2.21. The van der Waals surface area contributed by atoms with E-state index in [1.807, 2.05) is 31.9 Å². The molecule has 55 heavy (non-hydrogen) atoms. The van der Waals surface area contributed by atoms with Gasteiger partial charge in [-0.3, -0.25) is 4.68 Å². The number of halogens is 1. The minimum atomic E-state index is 0.286. The van der Waals surface area contributed by atoms with Crippen LogP contribution in [0.15, 0.2) is 122 Å². The summed E-state index contributed by atoms with van der Waals surface area (Å²) in [7, 11) is 5.95. The number of aromatic nitrogens is 4. The number of nitrogens with one attached hydrogen (secondary N) is 5. The third kappa shape index (κ3) is 9.21. The zero-order valence-corrected chi connectivity index (χ0v) is 33.0. The minimum Gasteiger partial charge on any atom is -0.392 e. The summed E-state index contributed by atoms with van der Waals surface area (Å²) in [4.78, 5) is 11.3. The Labute approximate surface area is 329 Å². The number of nitrogens with zero attached hydrogens (tertiary/aromatic N) is 5. The first-order valence-corrected chi connectivity index (χ1v) is 18.9. The van der Waals surface area contributed by atoms with E-state index in [2.05, 4.69) is 130 Å². The second-order valence-corrected chi connectivity index (χ2v) is 14.4. The van der Waals surface area contributed by atoms with Gasteiger partial charge in [0.2, 0.25) is 5.95 Å². The fourth-order valence-electron chi connectivity index (χ4n) is 6.76. The Morgan fingerprint density at radius 2 is 1.71 bits per heavy atom. The molecule has 0 spiro atoms. The highest BCUT2D eigenvalue weighted by molar-refractivity contribution is 6.32. The Balaban J connectivity index is 1.06. The van der Waals surface area contributed by atoms with Gasteiger partial charge in [0.25, 0.3) is 0 Å². The molecule has 6 rings (SSSR count). The lowest BCUT2D eigenvalue weighted by atomic mass is 9.96. The van der Waals surface area contributed by atoms with Gasteiger partial charge in [-0.1, -0.05) is 81.2 Å². The molecule has 10 nitrogen and oxygen atoms in total. The predicted molar refractivity (Wildman–Crippen MR) is 232 cm³/mol. The van der Waals surface area contributed by atoms with E-state index >= 15 is 0 Å². The summed E-state index contributed by atoms with van der Waals surface area (Å²) in [6, 6.07) is 21.1. The summed E-state index contributed by atoms with van der Waals surface area (Å²) in [5.74, 6) is 1.30. The standard InChI is InChI=1S/C44H51ClN10/c1-9-47-30(4)14-13-28(2)41-37-11-10-12-39(42(37)55(8)53-41)48-25-32-16-18-33(19-17-32)26-49-44-50-27-38(45)43(52-44)51-36-21-22-40-35(24-36)23-34(31(5)54(40)7)20-15-29(3)46-6/h9-12,16-19,21-24,27-28,46-48H,1,3-5,13-15,20,25-26H2,2,6-8H3,(H2,49,50,51,52). The van der Waals surface area contributed by atoms with E-state index in [0.29, 0.717) is 29.9 Å². The van der Waals surface area contributed by atoms with Crippen molar-refractivity contribution in [3.8, 4) is 0 Å². The first-order chi connectivity index (χ1) is 26.5. The molecule has 0 saturated heterocycles. The summed E-state index contributed by atoms with van der Waals surface area (Å²) in [5, 5.41) is 23.1. The number of likely N-dealkylation sites (N-methyl/N-ethyl adjacent to an activating group) is 1. The number of allylic oxidation sites excluding steroid dienone is 3. The summed E-state index contributed by atoms with van der Waals surface area (Å²) < 4.78 is 1.98. The average molecular weight is 755 g/mol. The smallest absolute Gasteiger partial charge is 0.224 e. The van der Waals surface area contributed by atoms with E-state index in [9.17, 15) is 0 Å². The van der Waals surface area contributed by atoms with Crippen LogP contribution >= 0.6 is 11.6 Å². The predicted octanol–water partition coefficient (Wildman–Crippen LogP) is 9.98. The first kappa shape index (κ1) is 38.7. The summed E-state index contributed by atoms with van der Waals surface area (Å²) in [6.45, 7) is 19.7. The van der Waals surface area contributed by atoms with Crippen LogP contribution in [0.3, 0.4) is 0 Å². The number of rotatable bonds is 18. The van der Waals surface area contributed by atoms with Gasteiger partial charge in [0, 0.05) is 79.6 Å². The van der Waals surface area contributed by atoms with E-state index in [4.69, 9.17) is 21.7 Å². The lowest BCUT2D eigenvalue weighted by molar-refractivity contribution is 0.630. The number of aryl methyl sites for hydroxylation is 1. The molecule has 0 aliphatic carbocycles. The number of anilines is 5. The molecule has 5 N–H and O–H groups in total. The maximum absolute atomic E-state index is 6.56. The van der Waals surface area contributed by atoms with E-state index in [1.165, 1.54) is 16.5 Å². The average Bonchev–Trinajstić information content (AvgIpc) is 3.54. The number of benzene rings is 3. The first-order valence-electron chi connectivity index (χ1n) is 18.5. The van der Waals surface area contributed by atoms with Gasteiger partial charge in [-0.25, -0.2) is 4.98 Å². The van der Waals surface area contributed by atoms with Gasteiger partial charge in [-0.2, -0.15) is 10.1 Å². The van der Waals surface area contributed by atoms with Crippen LogP contribution in [-0.2, 0) is 20.1 Å². The van der Waals surface area contributed by atoms with Crippen LogP contribution in [0, 0.1) is 0 Å². The second-order valence-electron chi connectivity index (χ2n) is 13.9. The van der Waals surface area contributed by atoms with Gasteiger partial charge in [-0.15, -0.1) is 0 Å². The molecule has 3 aromatic carbocycles. The molecule has 0 fully saturated rings. The molecule has 1 atom stereocenters. The van der Waals surface area contributed by atoms with E-state index < -0.39 is 0 Å². The molecule has 0 amide bonds. The number of hydrogen-bond acceptors (Lipinski definition) is 9. The van der Waals surface area contributed by atoms with Crippen LogP contribution in [0.25, 0.3) is 17.0 Å². The van der Waals surface area contributed by atoms with Gasteiger partial charge in [0.1, 0.15) is 5.02 Å². The molecule has 1 aliphatic rings. The Kier molecular flexibility index (Phi) is 12.3. The van der Waals surface area contributed by atoms with E-state index in [1.54, 1.807) is 12.4 Å². The summed E-state index contributed by atoms with van der Waals surface area (Å²) in [5.41, 5.74) is 12.7. The number of hydrogen-bond donors (Lipinski definition) is 5. The molecular formula is C44H51ClN10. The number of fused-ring (bicyclic) bond motifs is 2. The molecule has 5 aromatic rings. The van der Waals surface area contributed by atoms with Crippen LogP contribution in [0.4, 0.5) is 28.8 Å². The van der Waals surface area contributed by atoms with Crippen LogP contribution in [0.2, 0.25) is 5.02 Å². The summed E-state index contributed by atoms with van der Waals surface area (Å²) in [6.07, 6.45) is 8.98. The highest BCUT2D eigenvalue weighted by atomic mass is 35.5. The Bertz CT molecular complexity index is 2250. The zero-order valence-electron chi connectivity index (χ0n) is 32.3. The van der Waals surface area contributed by atoms with E-state index in [0.717, 1.165) is 82.2 Å². The highest BCUT2D eigenvalue weighted by Gasteiger charge is 2.20. The second kappa shape index (κ2) is 17.4. The maximum atomic E-state index is 6.56. The van der Waals surface area contributed by atoms with Crippen molar-refractivity contribution in [3.63, 3.8) is 0 Å². The normalized spacial score (nSPS) is 12.8. The summed E-state index contributed by atoms with van der Waals surface area (Å²) >= 11 is 6.56. The number of para-hydroxylation sites is 1. The molecule has 3 heterocycles. The van der Waals surface area contributed by atoms with Crippen molar-refractivity contribution in [3.05, 3.63) is 149 Å². The SMILES string of the molecule is C=CNC(=C)CCC(C)c1nn(C)c2c(NCc3ccc(CNc4ncc(Cl)c(Nc5ccc6c(c5)C=C(CCC(=C)NC)C(=C)N6C)n4)cc3)cccc12. The fourth-order valence-corrected chi connectivity index (χ4v) is 6.90. The Hall–Kier alpha value is -6.00. The largest absolute Gasteiger partial charge is 0.392 e. The Morgan fingerprint density at radius 3 is 2.44 bits per heavy atom. The van der Waals surface area contributed by atoms with Crippen LogP contribution < -0.4 is 31.5 Å². The molecule has 0 bridgehead atoms. The van der Waals surface area contributed by atoms with Crippen molar-refractivity contribution in [2.75, 3.05) is 34.9 Å². The third-order valence-electron chi connectivity index (χ3n) is 10.1. The molecule has 284 valence electrons. The molecule has 1 aliphatic heterocycles. The molecule has 2 aromatic heterocycles. The fraction of sp³-hybridized carbons (Fsp3) is 0.250. The van der Waals surface area contributed by atoms with Crippen molar-refractivity contribution in [1.29, 1.82) is 0 Å². The van der Waals surface area contributed by atoms with Crippen molar-refractivity contribution in [1.82, 2.24) is 30.4 Å². The van der Waals surface area contributed by atoms with Crippen LogP contribution in [-0.4, -0.2) is 33.8 Å². The highest BCUT2D eigenvalue weighted by Crippen LogP contribution is 2.38. The van der Waals surface area contributed by atoms with Gasteiger partial charge in [0.15, 0.2) is 5.82 Å². The van der Waals surface area contributed by atoms with Crippen molar-refractivity contribution in [2.45, 2.75) is 51.6 Å². The van der Waals surface area contributed by atoms with Crippen molar-refractivity contribution in [2.24, 2.45) is 7.05 Å². The lowest BCUT2D eigenvalue weighted by Gasteiger charge is -2.30. The van der Waals surface area contributed by atoms with Crippen LogP contribution in [0.5, 0.6) is 0 Å². The van der Waals surface area contributed by atoms with Gasteiger partial charge in [0.05, 0.1) is 23.1 Å². The van der Waals surface area contributed by atoms with Gasteiger partial charge < -0.3 is 31.5 Å². The quantitative estimate of drug-likeness (QED) is 0.0598. The molecule has 11 heteroatoms. The Morgan fingerprint density at radius 1 is 0.964 bits per heavy atom. The third-order valence-corrected chi connectivity index (χ3v) is 10.3. The molecule has 0 radical (unpaired) electrons. The monoisotopic (exact) mass is 754 g/mol. The van der Waals surface area contributed by atoms with Crippen LogP contribution in [0.1, 0.15) is 60.9 Å². The zero-order chi connectivity index (χ0) is 39.1. The van der Waals surface area contributed by atoms with Crippen molar-refractivity contribution >= 4 is 57.4 Å². The van der Waals surface area contributed by atoms with Gasteiger partial charge >= 0.3 is 0 Å². The van der Waals surface area contributed by atoms with Crippen molar-refractivity contribution < 1.29 is 0 Å². The maximum Gasteiger partial charge on any atom is 0.224 e. The molecule has 1 unspecified atom stereocenters. The molecule has 0 saturated carbocycles. The minimum absolute atomic E-state index is 0.286. The topological polar surface area (TPSA) is 107 Å². The van der Waals surface area contributed by atoms with Gasteiger partial charge in [-0.05, 0) is 78.9 Å². The van der Waals surface area contributed by atoms with E-state index in [-0.39, 0.29) is 5.92 Å². The molecular weight excluding hydrogens is 704 g/mol.